The van der Waals surface area contributed by atoms with Crippen LogP contribution in [0.4, 0.5) is 0 Å². The number of aliphatic hydroxyl groups excluding tert-OH is 1. The van der Waals surface area contributed by atoms with Crippen molar-refractivity contribution in [2.45, 2.75) is 53.1 Å². The van der Waals surface area contributed by atoms with Gasteiger partial charge in [0.25, 0.3) is 0 Å². The minimum atomic E-state index is -0.428. The molecule has 0 spiro atoms. The van der Waals surface area contributed by atoms with E-state index >= 15 is 0 Å². The second kappa shape index (κ2) is 5.54. The van der Waals surface area contributed by atoms with Gasteiger partial charge in [0.05, 0.1) is 12.7 Å². The third-order valence-corrected chi connectivity index (χ3v) is 4.38. The molecule has 1 N–H and O–H groups in total. The van der Waals surface area contributed by atoms with Gasteiger partial charge in [-0.05, 0) is 36.2 Å². The molecule has 0 saturated carbocycles. The van der Waals surface area contributed by atoms with Crippen molar-refractivity contribution in [2.75, 3.05) is 6.61 Å². The largest absolute Gasteiger partial charge is 0.493 e. The van der Waals surface area contributed by atoms with Crippen molar-refractivity contribution in [1.82, 2.24) is 0 Å². The van der Waals surface area contributed by atoms with Crippen LogP contribution in [-0.2, 0) is 6.42 Å². The van der Waals surface area contributed by atoms with Gasteiger partial charge in [-0.1, -0.05) is 45.9 Å². The zero-order valence-corrected chi connectivity index (χ0v) is 12.6. The Hall–Kier alpha value is -1.02. The van der Waals surface area contributed by atoms with Crippen LogP contribution in [0.15, 0.2) is 18.2 Å². The SMILES string of the molecule is CC(CC(O)c1cccc2c1OCCC2)C(C)(C)C. The zero-order valence-electron chi connectivity index (χ0n) is 12.6. The van der Waals surface area contributed by atoms with Gasteiger partial charge in [-0.25, -0.2) is 0 Å². The standard InChI is InChI=1S/C17H26O2/c1-12(17(2,3)4)11-15(18)14-9-5-7-13-8-6-10-19-16(13)14/h5,7,9,12,15,18H,6,8,10-11H2,1-4H3. The van der Waals surface area contributed by atoms with Crippen LogP contribution in [0.3, 0.4) is 0 Å². The van der Waals surface area contributed by atoms with Gasteiger partial charge in [0, 0.05) is 5.56 Å². The highest BCUT2D eigenvalue weighted by molar-refractivity contribution is 5.44. The molecule has 0 bridgehead atoms. The summed E-state index contributed by atoms with van der Waals surface area (Å²) in [6.07, 6.45) is 2.49. The van der Waals surface area contributed by atoms with Gasteiger partial charge in [0.2, 0.25) is 0 Å². The minimum absolute atomic E-state index is 0.219. The van der Waals surface area contributed by atoms with Gasteiger partial charge in [-0.15, -0.1) is 0 Å². The number of hydrogen-bond acceptors (Lipinski definition) is 2. The first-order chi connectivity index (χ1) is 8.89. The molecule has 0 fully saturated rings. The van der Waals surface area contributed by atoms with Crippen LogP contribution < -0.4 is 4.74 Å². The molecule has 2 heteroatoms. The molecule has 1 aliphatic rings. The predicted octanol–water partition coefficient (Wildman–Crippen LogP) is 4.12. The van der Waals surface area contributed by atoms with Crippen molar-refractivity contribution in [3.8, 4) is 5.75 Å². The maximum absolute atomic E-state index is 10.5. The number of aryl methyl sites for hydroxylation is 1. The average molecular weight is 262 g/mol. The molecule has 1 aromatic rings. The fourth-order valence-electron chi connectivity index (χ4n) is 2.49. The monoisotopic (exact) mass is 262 g/mol. The molecule has 2 atom stereocenters. The van der Waals surface area contributed by atoms with Gasteiger partial charge >= 0.3 is 0 Å². The third-order valence-electron chi connectivity index (χ3n) is 4.38. The fraction of sp³-hybridized carbons (Fsp3) is 0.647. The predicted molar refractivity (Wildman–Crippen MR) is 78.5 cm³/mol. The van der Waals surface area contributed by atoms with Crippen molar-refractivity contribution in [1.29, 1.82) is 0 Å². The number of benzene rings is 1. The molecule has 0 radical (unpaired) electrons. The number of aliphatic hydroxyl groups is 1. The Labute approximate surface area is 116 Å². The van der Waals surface area contributed by atoms with E-state index in [1.54, 1.807) is 0 Å². The van der Waals surface area contributed by atoms with Crippen LogP contribution in [-0.4, -0.2) is 11.7 Å². The van der Waals surface area contributed by atoms with Crippen LogP contribution in [0.5, 0.6) is 5.75 Å². The van der Waals surface area contributed by atoms with Crippen LogP contribution in [0.2, 0.25) is 0 Å². The Balaban J connectivity index is 2.18. The normalized spacial score (nSPS) is 18.4. The van der Waals surface area contributed by atoms with Gasteiger partial charge in [-0.3, -0.25) is 0 Å². The van der Waals surface area contributed by atoms with Gasteiger partial charge in [0.1, 0.15) is 5.75 Å². The highest BCUT2D eigenvalue weighted by Gasteiger charge is 2.26. The lowest BCUT2D eigenvalue weighted by Gasteiger charge is -2.30. The molecule has 0 aliphatic carbocycles. The van der Waals surface area contributed by atoms with Crippen molar-refractivity contribution in [3.63, 3.8) is 0 Å². The summed E-state index contributed by atoms with van der Waals surface area (Å²) in [5.74, 6) is 1.39. The van der Waals surface area contributed by atoms with Crippen LogP contribution in [0.25, 0.3) is 0 Å². The van der Waals surface area contributed by atoms with E-state index in [9.17, 15) is 5.11 Å². The summed E-state index contributed by atoms with van der Waals surface area (Å²) < 4.78 is 5.78. The first-order valence-corrected chi connectivity index (χ1v) is 7.32. The average Bonchev–Trinajstić information content (AvgIpc) is 2.36. The fourth-order valence-corrected chi connectivity index (χ4v) is 2.49. The summed E-state index contributed by atoms with van der Waals surface area (Å²) in [6.45, 7) is 9.65. The lowest BCUT2D eigenvalue weighted by Crippen LogP contribution is -2.20. The second-order valence-electron chi connectivity index (χ2n) is 6.81. The van der Waals surface area contributed by atoms with Gasteiger partial charge in [-0.2, -0.15) is 0 Å². The Morgan fingerprint density at radius 3 is 2.74 bits per heavy atom. The van der Waals surface area contributed by atoms with E-state index in [1.807, 2.05) is 12.1 Å². The zero-order chi connectivity index (χ0) is 14.0. The smallest absolute Gasteiger partial charge is 0.128 e. The lowest BCUT2D eigenvalue weighted by atomic mass is 9.78. The summed E-state index contributed by atoms with van der Waals surface area (Å²) >= 11 is 0. The number of para-hydroxylation sites is 1. The molecule has 0 aromatic heterocycles. The van der Waals surface area contributed by atoms with E-state index in [0.717, 1.165) is 37.2 Å². The van der Waals surface area contributed by atoms with Gasteiger partial charge in [0.15, 0.2) is 0 Å². The molecule has 1 aromatic carbocycles. The molecular weight excluding hydrogens is 236 g/mol. The summed E-state index contributed by atoms with van der Waals surface area (Å²) in [7, 11) is 0. The number of fused-ring (bicyclic) bond motifs is 1. The molecule has 0 amide bonds. The quantitative estimate of drug-likeness (QED) is 0.888. The maximum atomic E-state index is 10.5. The third kappa shape index (κ3) is 3.30. The van der Waals surface area contributed by atoms with E-state index in [0.29, 0.717) is 5.92 Å². The van der Waals surface area contributed by atoms with Crippen molar-refractivity contribution in [3.05, 3.63) is 29.3 Å². The Morgan fingerprint density at radius 2 is 2.05 bits per heavy atom. The molecule has 2 rings (SSSR count). The van der Waals surface area contributed by atoms with Crippen LogP contribution >= 0.6 is 0 Å². The lowest BCUT2D eigenvalue weighted by molar-refractivity contribution is 0.107. The van der Waals surface area contributed by atoms with Crippen LogP contribution in [0.1, 0.15) is 57.8 Å². The highest BCUT2D eigenvalue weighted by atomic mass is 16.5. The summed E-state index contributed by atoms with van der Waals surface area (Å²) in [4.78, 5) is 0. The Kier molecular flexibility index (Phi) is 4.19. The summed E-state index contributed by atoms with van der Waals surface area (Å²) in [5.41, 5.74) is 2.43. The Morgan fingerprint density at radius 1 is 1.32 bits per heavy atom. The molecule has 1 aliphatic heterocycles. The maximum Gasteiger partial charge on any atom is 0.128 e. The van der Waals surface area contributed by atoms with Crippen molar-refractivity contribution < 1.29 is 9.84 Å². The van der Waals surface area contributed by atoms with Crippen molar-refractivity contribution >= 4 is 0 Å². The summed E-state index contributed by atoms with van der Waals surface area (Å²) in [6, 6.07) is 6.15. The minimum Gasteiger partial charge on any atom is -0.493 e. The highest BCUT2D eigenvalue weighted by Crippen LogP contribution is 2.38. The first-order valence-electron chi connectivity index (χ1n) is 7.32. The van der Waals surface area contributed by atoms with E-state index in [2.05, 4.69) is 33.8 Å². The topological polar surface area (TPSA) is 29.5 Å². The van der Waals surface area contributed by atoms with E-state index in [-0.39, 0.29) is 5.41 Å². The number of rotatable bonds is 3. The van der Waals surface area contributed by atoms with Crippen LogP contribution in [0, 0.1) is 11.3 Å². The first kappa shape index (κ1) is 14.4. The number of hydrogen-bond donors (Lipinski definition) is 1. The Bertz CT molecular complexity index is 431. The molecule has 19 heavy (non-hydrogen) atoms. The second-order valence-corrected chi connectivity index (χ2v) is 6.81. The number of ether oxygens (including phenoxy) is 1. The molecular formula is C17H26O2. The van der Waals surface area contributed by atoms with E-state index in [1.165, 1.54) is 5.56 Å². The molecule has 2 unspecified atom stereocenters. The van der Waals surface area contributed by atoms with E-state index in [4.69, 9.17) is 4.74 Å². The molecule has 2 nitrogen and oxygen atoms in total. The van der Waals surface area contributed by atoms with E-state index < -0.39 is 6.10 Å². The van der Waals surface area contributed by atoms with Gasteiger partial charge < -0.3 is 9.84 Å². The van der Waals surface area contributed by atoms with Crippen molar-refractivity contribution in [2.24, 2.45) is 11.3 Å². The molecule has 106 valence electrons. The molecule has 0 saturated heterocycles. The molecule has 1 heterocycles. The summed E-state index contributed by atoms with van der Waals surface area (Å²) in [5, 5.41) is 10.5.